The van der Waals surface area contributed by atoms with Crippen LogP contribution < -0.4 is 0 Å². The van der Waals surface area contributed by atoms with Gasteiger partial charge in [0.1, 0.15) is 4.34 Å². The number of halogens is 3. The van der Waals surface area contributed by atoms with Crippen LogP contribution in [0, 0.1) is 0 Å². The maximum Gasteiger partial charge on any atom is 0.196 e. The summed E-state index contributed by atoms with van der Waals surface area (Å²) in [5.41, 5.74) is 1.08. The molecule has 5 heteroatoms. The quantitative estimate of drug-likeness (QED) is 0.480. The van der Waals surface area contributed by atoms with Crippen molar-refractivity contribution in [3.05, 3.63) is 66.7 Å². The van der Waals surface area contributed by atoms with Gasteiger partial charge in [0.15, 0.2) is 5.78 Å². The van der Waals surface area contributed by atoms with E-state index >= 15 is 0 Å². The average Bonchev–Trinajstić information content (AvgIpc) is 2.78. The molecule has 0 saturated carbocycles. The third-order valence-corrected chi connectivity index (χ3v) is 5.20. The Morgan fingerprint density at radius 3 is 2.35 bits per heavy atom. The van der Waals surface area contributed by atoms with Gasteiger partial charge in [0.05, 0.1) is 9.90 Å². The SMILES string of the molecule is O=C(c1cc(Cl)sc1Cl)c1ccc(Br)c2ccccc12. The van der Waals surface area contributed by atoms with Gasteiger partial charge < -0.3 is 0 Å². The molecule has 0 radical (unpaired) electrons. The summed E-state index contributed by atoms with van der Waals surface area (Å²) in [4.78, 5) is 12.7. The standard InChI is InChI=1S/C15H7BrCl2OS/c16-12-6-5-10(8-3-1-2-4-9(8)12)14(19)11-7-13(17)20-15(11)18/h1-7H. The molecule has 0 N–H and O–H groups in total. The van der Waals surface area contributed by atoms with E-state index in [-0.39, 0.29) is 5.78 Å². The number of hydrogen-bond donors (Lipinski definition) is 0. The van der Waals surface area contributed by atoms with Gasteiger partial charge in [-0.15, -0.1) is 11.3 Å². The van der Waals surface area contributed by atoms with E-state index < -0.39 is 0 Å². The van der Waals surface area contributed by atoms with Gasteiger partial charge in [-0.05, 0) is 29.0 Å². The molecule has 0 fully saturated rings. The highest BCUT2D eigenvalue weighted by atomic mass is 79.9. The van der Waals surface area contributed by atoms with E-state index in [1.807, 2.05) is 30.3 Å². The van der Waals surface area contributed by atoms with Gasteiger partial charge in [0.25, 0.3) is 0 Å². The Labute approximate surface area is 138 Å². The van der Waals surface area contributed by atoms with E-state index in [0.717, 1.165) is 15.2 Å². The van der Waals surface area contributed by atoms with E-state index in [1.165, 1.54) is 11.3 Å². The second-order valence-corrected chi connectivity index (χ2v) is 7.35. The molecule has 0 aliphatic heterocycles. The highest BCUT2D eigenvalue weighted by Gasteiger charge is 2.18. The summed E-state index contributed by atoms with van der Waals surface area (Å²) in [6.07, 6.45) is 0. The molecule has 0 spiro atoms. The predicted molar refractivity (Wildman–Crippen MR) is 89.4 cm³/mol. The number of ketones is 1. The van der Waals surface area contributed by atoms with Crippen molar-refractivity contribution in [3.8, 4) is 0 Å². The Morgan fingerprint density at radius 1 is 1.00 bits per heavy atom. The fourth-order valence-corrected chi connectivity index (χ4v) is 4.04. The number of benzene rings is 2. The molecule has 0 atom stereocenters. The van der Waals surface area contributed by atoms with Crippen LogP contribution >= 0.6 is 50.5 Å². The molecule has 3 rings (SSSR count). The Balaban J connectivity index is 2.23. The third kappa shape index (κ3) is 2.40. The number of thiophene rings is 1. The molecule has 0 saturated heterocycles. The van der Waals surface area contributed by atoms with Crippen molar-refractivity contribution in [1.82, 2.24) is 0 Å². The van der Waals surface area contributed by atoms with Crippen molar-refractivity contribution in [2.45, 2.75) is 0 Å². The molecule has 0 unspecified atom stereocenters. The molecule has 100 valence electrons. The Bertz CT molecular complexity index is 826. The number of carbonyl (C=O) groups is 1. The molecular formula is C15H7BrCl2OS. The van der Waals surface area contributed by atoms with Gasteiger partial charge in [-0.25, -0.2) is 0 Å². The zero-order valence-corrected chi connectivity index (χ0v) is 13.9. The first-order valence-electron chi connectivity index (χ1n) is 5.74. The largest absolute Gasteiger partial charge is 0.288 e. The maximum absolute atomic E-state index is 12.7. The first-order chi connectivity index (χ1) is 9.58. The molecule has 1 heterocycles. The molecule has 1 nitrogen and oxygen atoms in total. The lowest BCUT2D eigenvalue weighted by Gasteiger charge is -2.07. The second-order valence-electron chi connectivity index (χ2n) is 4.21. The summed E-state index contributed by atoms with van der Waals surface area (Å²) >= 11 is 16.7. The summed E-state index contributed by atoms with van der Waals surface area (Å²) in [5, 5.41) is 1.89. The number of rotatable bonds is 2. The molecule has 0 aliphatic rings. The number of carbonyl (C=O) groups excluding carboxylic acids is 1. The molecule has 3 aromatic rings. The van der Waals surface area contributed by atoms with Crippen molar-refractivity contribution >= 4 is 67.0 Å². The van der Waals surface area contributed by atoms with Crippen LogP contribution in [0.3, 0.4) is 0 Å². The van der Waals surface area contributed by atoms with Gasteiger partial charge in [0, 0.05) is 10.0 Å². The van der Waals surface area contributed by atoms with Crippen LogP contribution in [0.5, 0.6) is 0 Å². The number of hydrogen-bond acceptors (Lipinski definition) is 2. The van der Waals surface area contributed by atoms with E-state index in [2.05, 4.69) is 15.9 Å². The van der Waals surface area contributed by atoms with Crippen molar-refractivity contribution in [1.29, 1.82) is 0 Å². The van der Waals surface area contributed by atoms with Crippen molar-refractivity contribution in [3.63, 3.8) is 0 Å². The average molecular weight is 386 g/mol. The topological polar surface area (TPSA) is 17.1 Å². The molecule has 20 heavy (non-hydrogen) atoms. The van der Waals surface area contributed by atoms with Crippen LogP contribution in [0.25, 0.3) is 10.8 Å². The normalized spacial score (nSPS) is 10.9. The van der Waals surface area contributed by atoms with Crippen LogP contribution in [0.15, 0.2) is 46.9 Å². The van der Waals surface area contributed by atoms with Crippen molar-refractivity contribution < 1.29 is 4.79 Å². The minimum atomic E-state index is -0.109. The van der Waals surface area contributed by atoms with E-state index in [1.54, 1.807) is 12.1 Å². The van der Waals surface area contributed by atoms with Crippen LogP contribution in [-0.2, 0) is 0 Å². The first-order valence-corrected chi connectivity index (χ1v) is 8.11. The Kier molecular flexibility index (Phi) is 3.87. The van der Waals surface area contributed by atoms with Gasteiger partial charge in [-0.3, -0.25) is 4.79 Å². The molecule has 0 amide bonds. The van der Waals surface area contributed by atoms with Crippen LogP contribution in [0.2, 0.25) is 8.67 Å². The summed E-state index contributed by atoms with van der Waals surface area (Å²) in [6, 6.07) is 13.0. The lowest BCUT2D eigenvalue weighted by Crippen LogP contribution is -2.01. The second kappa shape index (κ2) is 5.49. The minimum Gasteiger partial charge on any atom is -0.288 e. The van der Waals surface area contributed by atoms with Gasteiger partial charge in [0.2, 0.25) is 0 Å². The molecule has 1 aromatic heterocycles. The molecule has 2 aromatic carbocycles. The van der Waals surface area contributed by atoms with Crippen LogP contribution in [0.1, 0.15) is 15.9 Å². The Hall–Kier alpha value is -0.870. The van der Waals surface area contributed by atoms with Crippen LogP contribution in [-0.4, -0.2) is 5.78 Å². The van der Waals surface area contributed by atoms with Gasteiger partial charge in [-0.1, -0.05) is 63.4 Å². The smallest absolute Gasteiger partial charge is 0.196 e. The minimum absolute atomic E-state index is 0.109. The van der Waals surface area contributed by atoms with E-state index in [0.29, 0.717) is 19.8 Å². The lowest BCUT2D eigenvalue weighted by molar-refractivity contribution is 0.104. The van der Waals surface area contributed by atoms with E-state index in [9.17, 15) is 4.79 Å². The van der Waals surface area contributed by atoms with E-state index in [4.69, 9.17) is 23.2 Å². The van der Waals surface area contributed by atoms with Crippen LogP contribution in [0.4, 0.5) is 0 Å². The monoisotopic (exact) mass is 384 g/mol. The van der Waals surface area contributed by atoms with Crippen molar-refractivity contribution in [2.75, 3.05) is 0 Å². The summed E-state index contributed by atoms with van der Waals surface area (Å²) in [5.74, 6) is -0.109. The molecule has 0 bridgehead atoms. The fraction of sp³-hybridized carbons (Fsp3) is 0. The summed E-state index contributed by atoms with van der Waals surface area (Å²) in [7, 11) is 0. The molecular weight excluding hydrogens is 379 g/mol. The number of fused-ring (bicyclic) bond motifs is 1. The fourth-order valence-electron chi connectivity index (χ4n) is 2.10. The molecule has 0 aliphatic carbocycles. The maximum atomic E-state index is 12.7. The third-order valence-electron chi connectivity index (χ3n) is 3.02. The predicted octanol–water partition coefficient (Wildman–Crippen LogP) is 6.20. The van der Waals surface area contributed by atoms with Gasteiger partial charge >= 0.3 is 0 Å². The van der Waals surface area contributed by atoms with Gasteiger partial charge in [-0.2, -0.15) is 0 Å². The summed E-state index contributed by atoms with van der Waals surface area (Å²) < 4.78 is 1.89. The Morgan fingerprint density at radius 2 is 1.70 bits per heavy atom. The highest BCUT2D eigenvalue weighted by molar-refractivity contribution is 9.10. The summed E-state index contributed by atoms with van der Waals surface area (Å²) in [6.45, 7) is 0. The zero-order valence-electron chi connectivity index (χ0n) is 9.99. The zero-order chi connectivity index (χ0) is 14.3. The lowest BCUT2D eigenvalue weighted by atomic mass is 9.99. The first kappa shape index (κ1) is 14.1. The highest BCUT2D eigenvalue weighted by Crippen LogP contribution is 2.35. The van der Waals surface area contributed by atoms with Crippen molar-refractivity contribution in [2.24, 2.45) is 0 Å².